The third-order valence-corrected chi connectivity index (χ3v) is 6.94. The molecule has 1 aliphatic heterocycles. The average Bonchev–Trinajstić information content (AvgIpc) is 3.20. The molecule has 0 aromatic rings. The van der Waals surface area contributed by atoms with Crippen molar-refractivity contribution in [2.75, 3.05) is 27.2 Å². The molecule has 2 amide bonds. The molecule has 0 radical (unpaired) electrons. The van der Waals surface area contributed by atoms with E-state index in [-0.39, 0.29) is 23.5 Å². The maximum absolute atomic E-state index is 12.4. The summed E-state index contributed by atoms with van der Waals surface area (Å²) in [7, 11) is -0.351. The van der Waals surface area contributed by atoms with Gasteiger partial charge in [0.2, 0.25) is 0 Å². The minimum Gasteiger partial charge on any atom is -0.337 e. The van der Waals surface area contributed by atoms with Gasteiger partial charge in [0, 0.05) is 39.3 Å². The van der Waals surface area contributed by atoms with E-state index in [0.29, 0.717) is 19.0 Å². The molecular formula is C17H34N4O3S. The lowest BCUT2D eigenvalue weighted by Gasteiger charge is -2.36. The number of urea groups is 1. The number of nitrogens with zero attached hydrogens (tertiary/aromatic N) is 2. The molecule has 0 aromatic carbocycles. The van der Waals surface area contributed by atoms with Gasteiger partial charge in [-0.15, -0.1) is 0 Å². The molecular weight excluding hydrogens is 340 g/mol. The molecule has 0 spiro atoms. The van der Waals surface area contributed by atoms with Crippen LogP contribution in [0.25, 0.3) is 0 Å². The lowest BCUT2D eigenvalue weighted by Crippen LogP contribution is -2.53. The number of hydrogen-bond acceptors (Lipinski definition) is 3. The monoisotopic (exact) mass is 374 g/mol. The number of piperidine rings is 1. The van der Waals surface area contributed by atoms with Gasteiger partial charge < -0.3 is 10.6 Å². The summed E-state index contributed by atoms with van der Waals surface area (Å²) in [5.41, 5.74) is 0.278. The number of carbonyl (C=O) groups is 1. The highest BCUT2D eigenvalue weighted by atomic mass is 32.2. The first kappa shape index (κ1) is 20.5. The lowest BCUT2D eigenvalue weighted by atomic mass is 9.89. The predicted molar refractivity (Wildman–Crippen MR) is 99.5 cm³/mol. The van der Waals surface area contributed by atoms with Crippen LogP contribution in [0.4, 0.5) is 4.79 Å². The second-order valence-corrected chi connectivity index (χ2v) is 10.9. The number of amides is 2. The molecule has 2 aliphatic rings. The molecule has 1 aliphatic carbocycles. The predicted octanol–water partition coefficient (Wildman–Crippen LogP) is 1.77. The SMILES string of the molecule is CN(C)S(=O)(=O)N1CCCCC1CNC(=O)N[C@@H]1C[C@H]1CC(C)(C)C. The summed E-state index contributed by atoms with van der Waals surface area (Å²) in [6, 6.07) is -0.0992. The van der Waals surface area contributed by atoms with Gasteiger partial charge in [-0.3, -0.25) is 0 Å². The van der Waals surface area contributed by atoms with Gasteiger partial charge in [0.05, 0.1) is 0 Å². The van der Waals surface area contributed by atoms with Gasteiger partial charge in [-0.25, -0.2) is 4.79 Å². The number of nitrogens with one attached hydrogen (secondary N) is 2. The Morgan fingerprint density at radius 3 is 2.52 bits per heavy atom. The Hall–Kier alpha value is -0.860. The van der Waals surface area contributed by atoms with E-state index in [1.54, 1.807) is 14.1 Å². The van der Waals surface area contributed by atoms with Crippen LogP contribution in [-0.4, -0.2) is 62.3 Å². The van der Waals surface area contributed by atoms with Crippen molar-refractivity contribution in [2.45, 2.75) is 65.0 Å². The zero-order chi connectivity index (χ0) is 18.8. The van der Waals surface area contributed by atoms with Crippen molar-refractivity contribution in [1.82, 2.24) is 19.2 Å². The van der Waals surface area contributed by atoms with Crippen molar-refractivity contribution in [3.8, 4) is 0 Å². The van der Waals surface area contributed by atoms with Crippen LogP contribution in [0.2, 0.25) is 0 Å². The van der Waals surface area contributed by atoms with E-state index in [4.69, 9.17) is 0 Å². The number of rotatable bonds is 6. The fraction of sp³-hybridized carbons (Fsp3) is 0.941. The van der Waals surface area contributed by atoms with Gasteiger partial charge >= 0.3 is 6.03 Å². The summed E-state index contributed by atoms with van der Waals surface area (Å²) >= 11 is 0. The standard InChI is InChI=1S/C17H34N4O3S/c1-17(2,3)11-13-10-15(13)19-16(22)18-12-14-8-6-7-9-21(14)25(23,24)20(4)5/h13-15H,6-12H2,1-5H3,(H2,18,19,22)/t13-,14?,15+/m0/s1. The Morgan fingerprint density at radius 2 is 1.92 bits per heavy atom. The Morgan fingerprint density at radius 1 is 1.24 bits per heavy atom. The third kappa shape index (κ3) is 5.82. The van der Waals surface area contributed by atoms with Crippen LogP contribution < -0.4 is 10.6 Å². The molecule has 2 N–H and O–H groups in total. The van der Waals surface area contributed by atoms with Crippen LogP contribution in [-0.2, 0) is 10.2 Å². The summed E-state index contributed by atoms with van der Waals surface area (Å²) in [5, 5.41) is 5.89. The van der Waals surface area contributed by atoms with Gasteiger partial charge in [0.15, 0.2) is 0 Å². The highest BCUT2D eigenvalue weighted by Crippen LogP contribution is 2.40. The van der Waals surface area contributed by atoms with E-state index in [9.17, 15) is 13.2 Å². The van der Waals surface area contributed by atoms with Gasteiger partial charge in [-0.2, -0.15) is 17.0 Å². The molecule has 8 heteroatoms. The fourth-order valence-corrected chi connectivity index (χ4v) is 4.89. The third-order valence-electron chi connectivity index (χ3n) is 4.94. The highest BCUT2D eigenvalue weighted by Gasteiger charge is 2.40. The number of carbonyl (C=O) groups excluding carboxylic acids is 1. The van der Waals surface area contributed by atoms with E-state index in [0.717, 1.165) is 32.1 Å². The van der Waals surface area contributed by atoms with Crippen molar-refractivity contribution >= 4 is 16.2 Å². The van der Waals surface area contributed by atoms with Crippen molar-refractivity contribution in [3.63, 3.8) is 0 Å². The second kappa shape index (κ2) is 7.80. The van der Waals surface area contributed by atoms with Crippen LogP contribution in [0.15, 0.2) is 0 Å². The zero-order valence-corrected chi connectivity index (χ0v) is 17.0. The summed E-state index contributed by atoms with van der Waals surface area (Å²) < 4.78 is 27.6. The Labute approximate surface area is 152 Å². The minimum atomic E-state index is -3.44. The van der Waals surface area contributed by atoms with Crippen LogP contribution in [0.3, 0.4) is 0 Å². The van der Waals surface area contributed by atoms with E-state index in [1.807, 2.05) is 0 Å². The molecule has 25 heavy (non-hydrogen) atoms. The fourth-order valence-electron chi connectivity index (χ4n) is 3.56. The zero-order valence-electron chi connectivity index (χ0n) is 16.2. The number of hydrogen-bond donors (Lipinski definition) is 2. The Balaban J connectivity index is 1.80. The first-order chi connectivity index (χ1) is 11.5. The average molecular weight is 375 g/mol. The molecule has 1 saturated heterocycles. The first-order valence-electron chi connectivity index (χ1n) is 9.24. The van der Waals surface area contributed by atoms with Crippen LogP contribution in [0.1, 0.15) is 52.9 Å². The molecule has 1 saturated carbocycles. The van der Waals surface area contributed by atoms with Gasteiger partial charge in [0.25, 0.3) is 10.2 Å². The van der Waals surface area contributed by atoms with E-state index in [2.05, 4.69) is 31.4 Å². The Kier molecular flexibility index (Phi) is 6.38. The largest absolute Gasteiger partial charge is 0.337 e. The van der Waals surface area contributed by atoms with Crippen molar-refractivity contribution < 1.29 is 13.2 Å². The maximum Gasteiger partial charge on any atom is 0.315 e. The molecule has 0 bridgehead atoms. The van der Waals surface area contributed by atoms with Crippen LogP contribution >= 0.6 is 0 Å². The highest BCUT2D eigenvalue weighted by molar-refractivity contribution is 7.86. The lowest BCUT2D eigenvalue weighted by molar-refractivity contribution is 0.218. The topological polar surface area (TPSA) is 81.8 Å². The molecule has 3 atom stereocenters. The van der Waals surface area contributed by atoms with Crippen molar-refractivity contribution in [3.05, 3.63) is 0 Å². The second-order valence-electron chi connectivity index (χ2n) is 8.77. The quantitative estimate of drug-likeness (QED) is 0.743. The van der Waals surface area contributed by atoms with Crippen LogP contribution in [0.5, 0.6) is 0 Å². The van der Waals surface area contributed by atoms with Crippen LogP contribution in [0, 0.1) is 11.3 Å². The molecule has 1 unspecified atom stereocenters. The molecule has 1 heterocycles. The minimum absolute atomic E-state index is 0.170. The normalized spacial score (nSPS) is 28.0. The molecule has 146 valence electrons. The van der Waals surface area contributed by atoms with Gasteiger partial charge in [0.1, 0.15) is 0 Å². The smallest absolute Gasteiger partial charge is 0.315 e. The van der Waals surface area contributed by atoms with Crippen molar-refractivity contribution in [1.29, 1.82) is 0 Å². The molecule has 2 rings (SSSR count). The maximum atomic E-state index is 12.4. The summed E-state index contributed by atoms with van der Waals surface area (Å²) in [4.78, 5) is 12.1. The Bertz CT molecular complexity index is 571. The van der Waals surface area contributed by atoms with Gasteiger partial charge in [-0.1, -0.05) is 27.2 Å². The molecule has 7 nitrogen and oxygen atoms in total. The molecule has 2 fully saturated rings. The van der Waals surface area contributed by atoms with E-state index in [1.165, 1.54) is 8.61 Å². The van der Waals surface area contributed by atoms with Gasteiger partial charge in [-0.05, 0) is 37.0 Å². The van der Waals surface area contributed by atoms with E-state index >= 15 is 0 Å². The summed E-state index contributed by atoms with van der Waals surface area (Å²) in [6.45, 7) is 7.52. The molecule has 0 aromatic heterocycles. The summed E-state index contributed by atoms with van der Waals surface area (Å²) in [5.74, 6) is 0.561. The summed E-state index contributed by atoms with van der Waals surface area (Å²) in [6.07, 6.45) is 4.78. The van der Waals surface area contributed by atoms with E-state index < -0.39 is 10.2 Å². The van der Waals surface area contributed by atoms with Crippen molar-refractivity contribution in [2.24, 2.45) is 11.3 Å². The first-order valence-corrected chi connectivity index (χ1v) is 10.6.